The molecule has 1 saturated heterocycles. The zero-order valence-corrected chi connectivity index (χ0v) is 18.6. The monoisotopic (exact) mass is 449 g/mol. The van der Waals surface area contributed by atoms with Crippen LogP contribution in [0.3, 0.4) is 0 Å². The van der Waals surface area contributed by atoms with Gasteiger partial charge in [0.15, 0.2) is 5.82 Å². The lowest BCUT2D eigenvalue weighted by molar-refractivity contribution is -0.0388. The molecule has 9 nitrogen and oxygen atoms in total. The van der Waals surface area contributed by atoms with Gasteiger partial charge in [-0.3, -0.25) is 4.40 Å². The van der Waals surface area contributed by atoms with Crippen LogP contribution in [0.2, 0.25) is 0 Å². The lowest BCUT2D eigenvalue weighted by Gasteiger charge is -2.22. The smallest absolute Gasteiger partial charge is 0.206 e. The minimum absolute atomic E-state index is 0.278. The molecule has 172 valence electrons. The molecule has 0 atom stereocenters. The Kier molecular flexibility index (Phi) is 6.50. The Morgan fingerprint density at radius 1 is 1.03 bits per heavy atom. The Labute approximate surface area is 191 Å². The van der Waals surface area contributed by atoms with Crippen LogP contribution >= 0.6 is 0 Å². The fraction of sp³-hybridized carbons (Fsp3) is 0.375. The van der Waals surface area contributed by atoms with Crippen LogP contribution in [0.1, 0.15) is 19.8 Å². The number of nitrogens with zero attached hydrogens (tertiary/aromatic N) is 5. The number of aromatic nitrogens is 5. The largest absolute Gasteiger partial charge is 0.491 e. The number of pyridine rings is 1. The maximum absolute atomic E-state index is 6.20. The molecule has 0 N–H and O–H groups in total. The minimum Gasteiger partial charge on any atom is -0.491 e. The topological polar surface area (TPSA) is 84.9 Å². The van der Waals surface area contributed by atoms with Gasteiger partial charge in [-0.2, -0.15) is 0 Å². The molecule has 33 heavy (non-hydrogen) atoms. The number of rotatable bonds is 9. The van der Waals surface area contributed by atoms with Crippen molar-refractivity contribution in [2.24, 2.45) is 0 Å². The van der Waals surface area contributed by atoms with E-state index in [9.17, 15) is 0 Å². The van der Waals surface area contributed by atoms with Crippen molar-refractivity contribution in [1.82, 2.24) is 24.1 Å². The molecule has 0 unspecified atom stereocenters. The van der Waals surface area contributed by atoms with Crippen LogP contribution in [0.15, 0.2) is 55.2 Å². The van der Waals surface area contributed by atoms with E-state index >= 15 is 0 Å². The molecule has 4 heterocycles. The van der Waals surface area contributed by atoms with Crippen LogP contribution in [-0.4, -0.2) is 56.7 Å². The Morgan fingerprint density at radius 2 is 1.85 bits per heavy atom. The maximum Gasteiger partial charge on any atom is 0.206 e. The fourth-order valence-electron chi connectivity index (χ4n) is 3.86. The zero-order chi connectivity index (χ0) is 22.5. The van der Waals surface area contributed by atoms with Crippen LogP contribution in [-0.2, 0) is 16.0 Å². The van der Waals surface area contributed by atoms with Crippen LogP contribution < -0.4 is 9.47 Å². The molecule has 1 aromatic carbocycles. The molecule has 9 heteroatoms. The molecule has 0 saturated carbocycles. The molecule has 0 aliphatic carbocycles. The predicted molar refractivity (Wildman–Crippen MR) is 122 cm³/mol. The fourth-order valence-corrected chi connectivity index (χ4v) is 3.86. The lowest BCUT2D eigenvalue weighted by Crippen LogP contribution is -2.25. The summed E-state index contributed by atoms with van der Waals surface area (Å²) in [6, 6.07) is 11.5. The van der Waals surface area contributed by atoms with Crippen molar-refractivity contribution in [2.75, 3.05) is 26.4 Å². The number of aryl methyl sites for hydroxylation is 1. The second-order valence-electron chi connectivity index (χ2n) is 7.82. The Morgan fingerprint density at radius 3 is 2.67 bits per heavy atom. The van der Waals surface area contributed by atoms with E-state index in [1.54, 1.807) is 18.9 Å². The standard InChI is InChI=1S/C24H27N5O4/c1-2-28-17-26-27-24(28)18-13-19-15-25-16-29(19)23(14-18)33-22-5-3-20(4-6-22)31-11-12-32-21-7-9-30-10-8-21/h3-6,13-17,21H,2,7-12H2,1H3. The highest BCUT2D eigenvalue weighted by atomic mass is 16.5. The van der Waals surface area contributed by atoms with Crippen molar-refractivity contribution in [1.29, 1.82) is 0 Å². The SMILES string of the molecule is CCn1cnnc1-c1cc(Oc2ccc(OCCOC3CCOCC3)cc2)n2cncc2c1. The van der Waals surface area contributed by atoms with E-state index in [-0.39, 0.29) is 6.10 Å². The summed E-state index contributed by atoms with van der Waals surface area (Å²) in [4.78, 5) is 4.26. The summed E-state index contributed by atoms with van der Waals surface area (Å²) in [7, 11) is 0. The molecule has 3 aromatic heterocycles. The summed E-state index contributed by atoms with van der Waals surface area (Å²) in [6.07, 6.45) is 7.43. The van der Waals surface area contributed by atoms with Gasteiger partial charge in [0.2, 0.25) is 5.88 Å². The third kappa shape index (κ3) is 4.99. The summed E-state index contributed by atoms with van der Waals surface area (Å²) < 4.78 is 27.1. The van der Waals surface area contributed by atoms with Crippen molar-refractivity contribution in [3.8, 4) is 28.8 Å². The Balaban J connectivity index is 1.24. The molecule has 0 spiro atoms. The van der Waals surface area contributed by atoms with Gasteiger partial charge in [-0.05, 0) is 50.1 Å². The average Bonchev–Trinajstić information content (AvgIpc) is 3.53. The van der Waals surface area contributed by atoms with Gasteiger partial charge in [-0.25, -0.2) is 4.98 Å². The van der Waals surface area contributed by atoms with Gasteiger partial charge in [0.05, 0.1) is 24.4 Å². The number of fused-ring (bicyclic) bond motifs is 1. The molecule has 4 aromatic rings. The second kappa shape index (κ2) is 10.0. The minimum atomic E-state index is 0.278. The second-order valence-corrected chi connectivity index (χ2v) is 7.82. The van der Waals surface area contributed by atoms with Gasteiger partial charge in [-0.15, -0.1) is 10.2 Å². The normalized spacial score (nSPS) is 14.6. The van der Waals surface area contributed by atoms with E-state index in [0.29, 0.717) is 24.8 Å². The number of imidazole rings is 1. The third-order valence-electron chi connectivity index (χ3n) is 5.62. The number of benzene rings is 1. The van der Waals surface area contributed by atoms with Crippen molar-refractivity contribution in [2.45, 2.75) is 32.4 Å². The van der Waals surface area contributed by atoms with Crippen molar-refractivity contribution < 1.29 is 18.9 Å². The Hall–Kier alpha value is -3.43. The molecule has 1 aliphatic heterocycles. The quantitative estimate of drug-likeness (QED) is 0.357. The van der Waals surface area contributed by atoms with E-state index < -0.39 is 0 Å². The highest BCUT2D eigenvalue weighted by molar-refractivity contribution is 5.66. The van der Waals surface area contributed by atoms with Gasteiger partial charge in [0.1, 0.15) is 30.8 Å². The van der Waals surface area contributed by atoms with Crippen LogP contribution in [0.5, 0.6) is 17.4 Å². The van der Waals surface area contributed by atoms with Crippen molar-refractivity contribution in [3.63, 3.8) is 0 Å². The highest BCUT2D eigenvalue weighted by Gasteiger charge is 2.14. The van der Waals surface area contributed by atoms with E-state index in [1.807, 2.05) is 45.4 Å². The molecule has 5 rings (SSSR count). The van der Waals surface area contributed by atoms with Gasteiger partial charge in [-0.1, -0.05) is 0 Å². The first-order valence-corrected chi connectivity index (χ1v) is 11.2. The number of hydrogen-bond acceptors (Lipinski definition) is 7. The molecular formula is C24H27N5O4. The first kappa shape index (κ1) is 21.4. The summed E-state index contributed by atoms with van der Waals surface area (Å²) in [6.45, 7) is 5.47. The summed E-state index contributed by atoms with van der Waals surface area (Å²) >= 11 is 0. The predicted octanol–water partition coefficient (Wildman–Crippen LogP) is 3.98. The Bertz CT molecular complexity index is 1180. The van der Waals surface area contributed by atoms with E-state index in [2.05, 4.69) is 22.1 Å². The van der Waals surface area contributed by atoms with Gasteiger partial charge >= 0.3 is 0 Å². The van der Waals surface area contributed by atoms with Gasteiger partial charge in [0.25, 0.3) is 0 Å². The number of ether oxygens (including phenoxy) is 4. The summed E-state index contributed by atoms with van der Waals surface area (Å²) in [5.41, 5.74) is 1.83. The van der Waals surface area contributed by atoms with Crippen LogP contribution in [0, 0.1) is 0 Å². The van der Waals surface area contributed by atoms with Gasteiger partial charge in [0, 0.05) is 31.4 Å². The summed E-state index contributed by atoms with van der Waals surface area (Å²) in [5.74, 6) is 2.90. The molecule has 0 amide bonds. The molecule has 0 bridgehead atoms. The maximum atomic E-state index is 6.20. The number of hydrogen-bond donors (Lipinski definition) is 0. The van der Waals surface area contributed by atoms with Crippen LogP contribution in [0.25, 0.3) is 16.9 Å². The summed E-state index contributed by atoms with van der Waals surface area (Å²) in [5, 5.41) is 8.31. The zero-order valence-electron chi connectivity index (χ0n) is 18.6. The first-order chi connectivity index (χ1) is 16.3. The molecule has 1 aliphatic rings. The van der Waals surface area contributed by atoms with Crippen molar-refractivity contribution in [3.05, 3.63) is 55.2 Å². The van der Waals surface area contributed by atoms with Gasteiger partial charge < -0.3 is 23.5 Å². The van der Waals surface area contributed by atoms with Crippen molar-refractivity contribution >= 4 is 5.52 Å². The highest BCUT2D eigenvalue weighted by Crippen LogP contribution is 2.29. The molecular weight excluding hydrogens is 422 g/mol. The van der Waals surface area contributed by atoms with E-state index in [1.165, 1.54) is 0 Å². The first-order valence-electron chi connectivity index (χ1n) is 11.2. The van der Waals surface area contributed by atoms with E-state index in [0.717, 1.165) is 55.3 Å². The average molecular weight is 450 g/mol. The van der Waals surface area contributed by atoms with E-state index in [4.69, 9.17) is 18.9 Å². The molecule has 1 fully saturated rings. The molecule has 0 radical (unpaired) electrons. The third-order valence-corrected chi connectivity index (χ3v) is 5.62. The lowest BCUT2D eigenvalue weighted by atomic mass is 10.2. The van der Waals surface area contributed by atoms with Crippen LogP contribution in [0.4, 0.5) is 0 Å².